The van der Waals surface area contributed by atoms with Gasteiger partial charge in [-0.2, -0.15) is 15.4 Å². The second-order valence-corrected chi connectivity index (χ2v) is 5.75. The quantitative estimate of drug-likeness (QED) is 0.782. The normalized spacial score (nSPS) is 15.0. The predicted molar refractivity (Wildman–Crippen MR) is 83.8 cm³/mol. The number of hydrogen-bond acceptors (Lipinski definition) is 6. The number of aromatic nitrogens is 3. The van der Waals surface area contributed by atoms with Crippen molar-refractivity contribution in [2.45, 2.75) is 12.7 Å². The molecule has 1 saturated heterocycles. The van der Waals surface area contributed by atoms with Crippen molar-refractivity contribution in [3.8, 4) is 17.0 Å². The van der Waals surface area contributed by atoms with Crippen LogP contribution in [0.3, 0.4) is 0 Å². The standard InChI is InChI=1S/C14H15BrN4O4/c15-8-1-2-10(21-4-3-11-22-5-6-23-11)9(7-8)12-13(14(16)20)18-19-17-12/h1-2,7,11H,3-6H2,(H2,16,20)(H,17,18,19). The lowest BCUT2D eigenvalue weighted by molar-refractivity contribution is -0.0531. The van der Waals surface area contributed by atoms with E-state index in [-0.39, 0.29) is 12.0 Å². The van der Waals surface area contributed by atoms with Crippen LogP contribution in [0, 0.1) is 0 Å². The van der Waals surface area contributed by atoms with Crippen LogP contribution in [0.15, 0.2) is 22.7 Å². The fourth-order valence-corrected chi connectivity index (χ4v) is 2.60. The molecule has 1 fully saturated rings. The Kier molecular flexibility index (Phi) is 4.89. The molecule has 0 radical (unpaired) electrons. The molecule has 2 heterocycles. The number of nitrogens with zero attached hydrogens (tertiary/aromatic N) is 2. The third kappa shape index (κ3) is 3.69. The molecular weight excluding hydrogens is 368 g/mol. The van der Waals surface area contributed by atoms with Crippen molar-refractivity contribution in [3.05, 3.63) is 28.4 Å². The van der Waals surface area contributed by atoms with Crippen LogP contribution in [0.5, 0.6) is 5.75 Å². The van der Waals surface area contributed by atoms with Crippen molar-refractivity contribution in [1.29, 1.82) is 0 Å². The van der Waals surface area contributed by atoms with E-state index in [1.807, 2.05) is 6.07 Å². The van der Waals surface area contributed by atoms with Crippen molar-refractivity contribution in [2.24, 2.45) is 5.73 Å². The number of hydrogen-bond donors (Lipinski definition) is 2. The van der Waals surface area contributed by atoms with Crippen molar-refractivity contribution in [3.63, 3.8) is 0 Å². The second-order valence-electron chi connectivity index (χ2n) is 4.83. The lowest BCUT2D eigenvalue weighted by Gasteiger charge is -2.13. The zero-order valence-electron chi connectivity index (χ0n) is 12.1. The zero-order valence-corrected chi connectivity index (χ0v) is 13.7. The Balaban J connectivity index is 1.80. The van der Waals surface area contributed by atoms with Gasteiger partial charge in [-0.15, -0.1) is 0 Å². The molecule has 0 saturated carbocycles. The number of carbonyl (C=O) groups excluding carboxylic acids is 1. The minimum atomic E-state index is -0.660. The molecule has 9 heteroatoms. The summed E-state index contributed by atoms with van der Waals surface area (Å²) in [4.78, 5) is 11.5. The average Bonchev–Trinajstić information content (AvgIpc) is 3.19. The molecule has 0 unspecified atom stereocenters. The summed E-state index contributed by atoms with van der Waals surface area (Å²) in [6.07, 6.45) is 0.374. The minimum Gasteiger partial charge on any atom is -0.493 e. The fourth-order valence-electron chi connectivity index (χ4n) is 2.24. The number of rotatable bonds is 6. The third-order valence-corrected chi connectivity index (χ3v) is 3.77. The van der Waals surface area contributed by atoms with Crippen molar-refractivity contribution >= 4 is 21.8 Å². The van der Waals surface area contributed by atoms with E-state index in [9.17, 15) is 4.79 Å². The summed E-state index contributed by atoms with van der Waals surface area (Å²) in [6, 6.07) is 5.42. The maximum Gasteiger partial charge on any atom is 0.271 e. The number of carbonyl (C=O) groups is 1. The number of amides is 1. The van der Waals surface area contributed by atoms with Crippen LogP contribution in [0.2, 0.25) is 0 Å². The smallest absolute Gasteiger partial charge is 0.271 e. The van der Waals surface area contributed by atoms with Crippen LogP contribution in [0.4, 0.5) is 0 Å². The van der Waals surface area contributed by atoms with Crippen LogP contribution < -0.4 is 10.5 Å². The van der Waals surface area contributed by atoms with Crippen molar-refractivity contribution in [2.75, 3.05) is 19.8 Å². The summed E-state index contributed by atoms with van der Waals surface area (Å²) in [5.41, 5.74) is 6.36. The van der Waals surface area contributed by atoms with Gasteiger partial charge in [-0.25, -0.2) is 0 Å². The first-order valence-electron chi connectivity index (χ1n) is 7.01. The van der Waals surface area contributed by atoms with Gasteiger partial charge in [0.05, 0.1) is 19.8 Å². The summed E-state index contributed by atoms with van der Waals surface area (Å²) in [7, 11) is 0. The molecule has 3 rings (SSSR count). The third-order valence-electron chi connectivity index (χ3n) is 3.28. The van der Waals surface area contributed by atoms with E-state index in [0.29, 0.717) is 43.2 Å². The van der Waals surface area contributed by atoms with E-state index >= 15 is 0 Å². The zero-order chi connectivity index (χ0) is 16.2. The monoisotopic (exact) mass is 382 g/mol. The van der Waals surface area contributed by atoms with Gasteiger partial charge in [0.2, 0.25) is 0 Å². The Labute approximate surface area is 140 Å². The molecule has 0 aliphatic carbocycles. The lowest BCUT2D eigenvalue weighted by atomic mass is 10.1. The SMILES string of the molecule is NC(=O)c1n[nH]nc1-c1cc(Br)ccc1OCCC1OCCO1. The van der Waals surface area contributed by atoms with Gasteiger partial charge in [0.25, 0.3) is 5.91 Å². The molecule has 1 amide bonds. The highest BCUT2D eigenvalue weighted by Crippen LogP contribution is 2.33. The van der Waals surface area contributed by atoms with E-state index in [2.05, 4.69) is 31.3 Å². The van der Waals surface area contributed by atoms with Gasteiger partial charge in [0.15, 0.2) is 12.0 Å². The molecule has 23 heavy (non-hydrogen) atoms. The Morgan fingerprint density at radius 2 is 2.17 bits per heavy atom. The Bertz CT molecular complexity index is 700. The second kappa shape index (κ2) is 7.07. The minimum absolute atomic E-state index is 0.0652. The van der Waals surface area contributed by atoms with Gasteiger partial charge in [0, 0.05) is 16.5 Å². The largest absolute Gasteiger partial charge is 0.493 e. The molecule has 0 spiro atoms. The number of ether oxygens (including phenoxy) is 3. The highest BCUT2D eigenvalue weighted by Gasteiger charge is 2.20. The van der Waals surface area contributed by atoms with Gasteiger partial charge in [-0.1, -0.05) is 15.9 Å². The van der Waals surface area contributed by atoms with Crippen LogP contribution in [-0.4, -0.2) is 47.4 Å². The Morgan fingerprint density at radius 3 is 2.91 bits per heavy atom. The average molecular weight is 383 g/mol. The van der Waals surface area contributed by atoms with Crippen molar-refractivity contribution < 1.29 is 19.0 Å². The lowest BCUT2D eigenvalue weighted by Crippen LogP contribution is -2.14. The Hall–Kier alpha value is -1.97. The fraction of sp³-hybridized carbons (Fsp3) is 0.357. The number of nitrogens with one attached hydrogen (secondary N) is 1. The topological polar surface area (TPSA) is 112 Å². The summed E-state index contributed by atoms with van der Waals surface area (Å²) in [6.45, 7) is 1.62. The van der Waals surface area contributed by atoms with Crippen LogP contribution in [-0.2, 0) is 9.47 Å². The predicted octanol–water partition coefficient (Wildman–Crippen LogP) is 1.47. The van der Waals surface area contributed by atoms with E-state index in [1.54, 1.807) is 12.1 Å². The van der Waals surface area contributed by atoms with E-state index in [4.69, 9.17) is 19.9 Å². The number of H-pyrrole nitrogens is 1. The molecule has 2 aromatic rings. The van der Waals surface area contributed by atoms with E-state index < -0.39 is 5.91 Å². The van der Waals surface area contributed by atoms with Gasteiger partial charge < -0.3 is 19.9 Å². The number of benzene rings is 1. The molecular formula is C14H15BrN4O4. The summed E-state index contributed by atoms with van der Waals surface area (Å²) in [5.74, 6) is -0.0879. The van der Waals surface area contributed by atoms with Gasteiger partial charge in [-0.3, -0.25) is 4.79 Å². The number of aromatic amines is 1. The molecule has 122 valence electrons. The Morgan fingerprint density at radius 1 is 1.39 bits per heavy atom. The molecule has 3 N–H and O–H groups in total. The summed E-state index contributed by atoms with van der Waals surface area (Å²) < 4.78 is 17.3. The molecule has 1 aliphatic heterocycles. The van der Waals surface area contributed by atoms with Gasteiger partial charge in [-0.05, 0) is 18.2 Å². The highest BCUT2D eigenvalue weighted by atomic mass is 79.9. The van der Waals surface area contributed by atoms with Gasteiger partial charge in [0.1, 0.15) is 11.4 Å². The van der Waals surface area contributed by atoms with Crippen molar-refractivity contribution in [1.82, 2.24) is 15.4 Å². The molecule has 1 aromatic heterocycles. The maximum atomic E-state index is 11.5. The van der Waals surface area contributed by atoms with E-state index in [1.165, 1.54) is 0 Å². The van der Waals surface area contributed by atoms with Crippen LogP contribution >= 0.6 is 15.9 Å². The number of halogens is 1. The first-order valence-corrected chi connectivity index (χ1v) is 7.81. The number of nitrogens with two attached hydrogens (primary N) is 1. The highest BCUT2D eigenvalue weighted by molar-refractivity contribution is 9.10. The molecule has 0 atom stereocenters. The maximum absolute atomic E-state index is 11.5. The summed E-state index contributed by atoms with van der Waals surface area (Å²) >= 11 is 3.40. The molecule has 0 bridgehead atoms. The molecule has 8 nitrogen and oxygen atoms in total. The molecule has 1 aliphatic rings. The van der Waals surface area contributed by atoms with Crippen LogP contribution in [0.25, 0.3) is 11.3 Å². The first kappa shape index (κ1) is 15.9. The number of primary amides is 1. The van der Waals surface area contributed by atoms with Crippen LogP contribution in [0.1, 0.15) is 16.9 Å². The van der Waals surface area contributed by atoms with E-state index in [0.717, 1.165) is 4.47 Å². The summed E-state index contributed by atoms with van der Waals surface area (Å²) in [5, 5.41) is 10.2. The first-order chi connectivity index (χ1) is 11.1. The molecule has 1 aromatic carbocycles. The van der Waals surface area contributed by atoms with Gasteiger partial charge >= 0.3 is 0 Å².